The molecular weight excluding hydrogens is 144 g/mol. The largest absolute Gasteiger partial charge is 0.0807 e. The molecule has 0 aromatic carbocycles. The first-order valence-electron chi connectivity index (χ1n) is 5.10. The molecule has 0 aromatic rings. The van der Waals surface area contributed by atoms with Gasteiger partial charge in [-0.05, 0) is 48.7 Å². The molecule has 0 saturated heterocycles. The summed E-state index contributed by atoms with van der Waals surface area (Å²) < 4.78 is 0. The van der Waals surface area contributed by atoms with Crippen LogP contribution in [-0.4, -0.2) is 0 Å². The van der Waals surface area contributed by atoms with Gasteiger partial charge in [0.15, 0.2) is 0 Å². The number of rotatable bonds is 0. The van der Waals surface area contributed by atoms with Gasteiger partial charge in [-0.25, -0.2) is 0 Å². The first-order valence-corrected chi connectivity index (χ1v) is 5.10. The molecule has 0 heteroatoms. The van der Waals surface area contributed by atoms with E-state index in [1.165, 1.54) is 32.1 Å². The van der Waals surface area contributed by atoms with Gasteiger partial charge in [0, 0.05) is 0 Å². The fourth-order valence-corrected chi connectivity index (χ4v) is 2.53. The van der Waals surface area contributed by atoms with Gasteiger partial charge < -0.3 is 0 Å². The summed E-state index contributed by atoms with van der Waals surface area (Å²) in [6.07, 6.45) is 11.5. The van der Waals surface area contributed by atoms with E-state index in [0.717, 1.165) is 0 Å². The predicted molar refractivity (Wildman–Crippen MR) is 53.0 cm³/mol. The van der Waals surface area contributed by atoms with E-state index in [1.54, 1.807) is 11.1 Å². The van der Waals surface area contributed by atoms with Crippen LogP contribution >= 0.6 is 0 Å². The maximum atomic E-state index is 2.47. The Hall–Kier alpha value is -0.520. The molecule has 0 nitrogen and oxygen atoms in total. The molecule has 1 fully saturated rings. The Bertz CT molecular complexity index is 241. The van der Waals surface area contributed by atoms with E-state index < -0.39 is 0 Å². The monoisotopic (exact) mass is 162 g/mol. The van der Waals surface area contributed by atoms with E-state index in [1.807, 2.05) is 0 Å². The lowest BCUT2D eigenvalue weighted by Gasteiger charge is -2.36. The molecule has 2 aliphatic carbocycles. The lowest BCUT2D eigenvalue weighted by atomic mass is 9.69. The van der Waals surface area contributed by atoms with Crippen LogP contribution in [-0.2, 0) is 0 Å². The van der Waals surface area contributed by atoms with Crippen LogP contribution in [0.4, 0.5) is 0 Å². The molecule has 0 aliphatic heterocycles. The lowest BCUT2D eigenvalue weighted by Crippen LogP contribution is -2.22. The van der Waals surface area contributed by atoms with Gasteiger partial charge in [-0.15, -0.1) is 0 Å². The summed E-state index contributed by atoms with van der Waals surface area (Å²) in [4.78, 5) is 0. The van der Waals surface area contributed by atoms with Crippen molar-refractivity contribution in [2.24, 2.45) is 5.41 Å². The van der Waals surface area contributed by atoms with Crippen molar-refractivity contribution in [3.8, 4) is 0 Å². The molecular formula is C12H18. The maximum Gasteiger partial charge on any atom is -0.0104 e. The molecule has 0 heterocycles. The number of hydrogen-bond donors (Lipinski definition) is 0. The Balaban J connectivity index is 2.33. The number of fused-ring (bicyclic) bond motifs is 1. The van der Waals surface area contributed by atoms with E-state index in [4.69, 9.17) is 0 Å². The Morgan fingerprint density at radius 2 is 1.92 bits per heavy atom. The van der Waals surface area contributed by atoms with Crippen LogP contribution in [0, 0.1) is 5.41 Å². The zero-order valence-corrected chi connectivity index (χ0v) is 8.19. The molecule has 0 aromatic heterocycles. The highest BCUT2D eigenvalue weighted by Crippen LogP contribution is 2.44. The van der Waals surface area contributed by atoms with Gasteiger partial charge in [0.25, 0.3) is 0 Å². The predicted octanol–water partition coefficient (Wildman–Crippen LogP) is 3.84. The number of allylic oxidation sites excluding steroid dienone is 4. The lowest BCUT2D eigenvalue weighted by molar-refractivity contribution is 0.367. The van der Waals surface area contributed by atoms with Gasteiger partial charge in [-0.1, -0.05) is 26.0 Å². The topological polar surface area (TPSA) is 0 Å². The standard InChI is InChI=1S/C12H18/c1-12(2)9-5-7-10-6-3-4-8-11(10)12/h6,8H,3-5,7,9H2,1-2H3. The minimum absolute atomic E-state index is 0.463. The molecule has 1 saturated carbocycles. The zero-order chi connectivity index (χ0) is 8.60. The smallest absolute Gasteiger partial charge is 0.0104 e. The summed E-state index contributed by atoms with van der Waals surface area (Å²) in [5, 5.41) is 0. The van der Waals surface area contributed by atoms with E-state index in [-0.39, 0.29) is 0 Å². The molecule has 2 aliphatic rings. The average Bonchev–Trinajstić information content (AvgIpc) is 2.04. The van der Waals surface area contributed by atoms with E-state index in [2.05, 4.69) is 26.0 Å². The molecule has 12 heavy (non-hydrogen) atoms. The highest BCUT2D eigenvalue weighted by Gasteiger charge is 2.29. The van der Waals surface area contributed by atoms with Crippen molar-refractivity contribution in [3.63, 3.8) is 0 Å². The third-order valence-corrected chi connectivity index (χ3v) is 3.23. The van der Waals surface area contributed by atoms with Crippen molar-refractivity contribution in [2.75, 3.05) is 0 Å². The van der Waals surface area contributed by atoms with Gasteiger partial charge in [0.2, 0.25) is 0 Å². The second-order valence-electron chi connectivity index (χ2n) is 4.66. The van der Waals surface area contributed by atoms with Crippen molar-refractivity contribution in [2.45, 2.75) is 46.0 Å². The fourth-order valence-electron chi connectivity index (χ4n) is 2.53. The molecule has 0 bridgehead atoms. The summed E-state index contributed by atoms with van der Waals surface area (Å²) >= 11 is 0. The highest BCUT2D eigenvalue weighted by molar-refractivity contribution is 5.39. The van der Waals surface area contributed by atoms with Crippen LogP contribution < -0.4 is 0 Å². The zero-order valence-electron chi connectivity index (χ0n) is 8.19. The van der Waals surface area contributed by atoms with E-state index in [0.29, 0.717) is 5.41 Å². The number of hydrogen-bond acceptors (Lipinski definition) is 0. The average molecular weight is 162 g/mol. The quantitative estimate of drug-likeness (QED) is 0.507. The molecule has 0 unspecified atom stereocenters. The van der Waals surface area contributed by atoms with Crippen molar-refractivity contribution in [1.29, 1.82) is 0 Å². The van der Waals surface area contributed by atoms with Crippen LogP contribution in [0.5, 0.6) is 0 Å². The molecule has 66 valence electrons. The van der Waals surface area contributed by atoms with Crippen LogP contribution in [0.15, 0.2) is 23.3 Å². The van der Waals surface area contributed by atoms with Crippen LogP contribution in [0.2, 0.25) is 0 Å². The van der Waals surface area contributed by atoms with Crippen molar-refractivity contribution in [3.05, 3.63) is 23.3 Å². The van der Waals surface area contributed by atoms with Crippen molar-refractivity contribution < 1.29 is 0 Å². The Labute approximate surface area is 75.4 Å². The molecule has 0 atom stereocenters. The maximum absolute atomic E-state index is 2.47. The van der Waals surface area contributed by atoms with Crippen LogP contribution in [0.25, 0.3) is 0 Å². The Kier molecular flexibility index (Phi) is 1.86. The summed E-state index contributed by atoms with van der Waals surface area (Å²) in [6, 6.07) is 0. The summed E-state index contributed by atoms with van der Waals surface area (Å²) in [5.74, 6) is 0. The molecule has 2 rings (SSSR count). The molecule has 0 amide bonds. The first kappa shape index (κ1) is 8.10. The fraction of sp³-hybridized carbons (Fsp3) is 0.667. The SMILES string of the molecule is CC1(C)CCCC2=CCCC=C21. The summed E-state index contributed by atoms with van der Waals surface area (Å²) in [5.41, 5.74) is 3.77. The van der Waals surface area contributed by atoms with Gasteiger partial charge in [0.1, 0.15) is 0 Å². The second-order valence-corrected chi connectivity index (χ2v) is 4.66. The Morgan fingerprint density at radius 1 is 1.17 bits per heavy atom. The second kappa shape index (κ2) is 2.76. The summed E-state index contributed by atoms with van der Waals surface area (Å²) in [6.45, 7) is 4.77. The third-order valence-electron chi connectivity index (χ3n) is 3.23. The van der Waals surface area contributed by atoms with E-state index >= 15 is 0 Å². The minimum atomic E-state index is 0.463. The van der Waals surface area contributed by atoms with Crippen LogP contribution in [0.1, 0.15) is 46.0 Å². The van der Waals surface area contributed by atoms with Gasteiger partial charge in [-0.2, -0.15) is 0 Å². The summed E-state index contributed by atoms with van der Waals surface area (Å²) in [7, 11) is 0. The first-order chi connectivity index (χ1) is 5.70. The Morgan fingerprint density at radius 3 is 2.67 bits per heavy atom. The highest BCUT2D eigenvalue weighted by atomic mass is 14.3. The van der Waals surface area contributed by atoms with Crippen molar-refractivity contribution in [1.82, 2.24) is 0 Å². The van der Waals surface area contributed by atoms with E-state index in [9.17, 15) is 0 Å². The van der Waals surface area contributed by atoms with Gasteiger partial charge in [0.05, 0.1) is 0 Å². The van der Waals surface area contributed by atoms with Gasteiger partial charge in [-0.3, -0.25) is 0 Å². The molecule has 0 radical (unpaired) electrons. The normalized spacial score (nSPS) is 27.2. The molecule has 0 spiro atoms. The molecule has 0 N–H and O–H groups in total. The third kappa shape index (κ3) is 1.24. The van der Waals surface area contributed by atoms with Gasteiger partial charge >= 0.3 is 0 Å². The van der Waals surface area contributed by atoms with Crippen molar-refractivity contribution >= 4 is 0 Å². The minimum Gasteiger partial charge on any atom is -0.0807 e. The van der Waals surface area contributed by atoms with Crippen LogP contribution in [0.3, 0.4) is 0 Å².